The van der Waals surface area contributed by atoms with Crippen LogP contribution in [-0.4, -0.2) is 28.9 Å². The van der Waals surface area contributed by atoms with E-state index in [1.807, 2.05) is 65.7 Å². The first kappa shape index (κ1) is 22.2. The third-order valence-electron chi connectivity index (χ3n) is 6.71. The van der Waals surface area contributed by atoms with Crippen LogP contribution < -0.4 is 4.74 Å². The van der Waals surface area contributed by atoms with Crippen LogP contribution in [0.2, 0.25) is 0 Å². The molecule has 1 saturated heterocycles. The minimum absolute atomic E-state index is 0.00478. The molecule has 1 aliphatic rings. The third-order valence-corrected chi connectivity index (χ3v) is 6.71. The van der Waals surface area contributed by atoms with E-state index >= 15 is 0 Å². The first-order valence-electron chi connectivity index (χ1n) is 11.7. The Morgan fingerprint density at radius 1 is 1.00 bits per heavy atom. The second-order valence-electron chi connectivity index (χ2n) is 8.95. The second kappa shape index (κ2) is 9.07. The summed E-state index contributed by atoms with van der Waals surface area (Å²) in [5, 5.41) is 1.54. The lowest BCUT2D eigenvalue weighted by Gasteiger charge is -2.18. The molecule has 3 heterocycles. The van der Waals surface area contributed by atoms with Gasteiger partial charge in [-0.05, 0) is 40.5 Å². The zero-order chi connectivity index (χ0) is 24.6. The van der Waals surface area contributed by atoms with E-state index in [4.69, 9.17) is 9.15 Å². The molecule has 6 rings (SSSR count). The number of benzene rings is 3. The fourth-order valence-electron chi connectivity index (χ4n) is 5.05. The number of ether oxygens (including phenoxy) is 1. The molecule has 1 amide bonds. The molecular weight excluding hydrogens is 462 g/mol. The fourth-order valence-corrected chi connectivity index (χ4v) is 5.05. The standard InChI is InChI=1S/C29H22F2N2O3/c30-29(31)36-25-12-11-22(27-23-5-1-2-6-24(23)35-28(25)27)21-14-26(34)33(17-21)16-18-7-9-19(10-8-18)20-4-3-13-32-15-20/h1-13,15,21,29H,14,16-17H2. The molecule has 0 saturated carbocycles. The summed E-state index contributed by atoms with van der Waals surface area (Å²) in [5.74, 6) is -0.0312. The summed E-state index contributed by atoms with van der Waals surface area (Å²) in [6.07, 6.45) is 3.91. The highest BCUT2D eigenvalue weighted by Gasteiger charge is 2.33. The number of rotatable bonds is 6. The van der Waals surface area contributed by atoms with Gasteiger partial charge in [-0.3, -0.25) is 9.78 Å². The summed E-state index contributed by atoms with van der Waals surface area (Å²) >= 11 is 0. The number of nitrogens with zero attached hydrogens (tertiary/aromatic N) is 2. The van der Waals surface area contributed by atoms with Crippen LogP contribution in [0.5, 0.6) is 5.75 Å². The number of fused-ring (bicyclic) bond motifs is 3. The second-order valence-corrected chi connectivity index (χ2v) is 8.95. The van der Waals surface area contributed by atoms with Gasteiger partial charge >= 0.3 is 6.61 Å². The number of furan rings is 1. The van der Waals surface area contributed by atoms with Crippen molar-refractivity contribution >= 4 is 27.8 Å². The molecule has 0 bridgehead atoms. The summed E-state index contributed by atoms with van der Waals surface area (Å²) in [6.45, 7) is -1.92. The van der Waals surface area contributed by atoms with Gasteiger partial charge < -0.3 is 14.1 Å². The molecule has 5 aromatic rings. The quantitative estimate of drug-likeness (QED) is 0.267. The predicted octanol–water partition coefficient (Wildman–Crippen LogP) is 6.77. The lowest BCUT2D eigenvalue weighted by Crippen LogP contribution is -2.24. The van der Waals surface area contributed by atoms with E-state index in [9.17, 15) is 13.6 Å². The molecule has 1 unspecified atom stereocenters. The van der Waals surface area contributed by atoms with Gasteiger partial charge in [0.05, 0.1) is 0 Å². The molecule has 1 fully saturated rings. The normalized spacial score (nSPS) is 15.9. The maximum Gasteiger partial charge on any atom is 0.387 e. The van der Waals surface area contributed by atoms with Crippen LogP contribution in [0.3, 0.4) is 0 Å². The van der Waals surface area contributed by atoms with Crippen molar-refractivity contribution in [1.29, 1.82) is 0 Å². The van der Waals surface area contributed by atoms with Crippen molar-refractivity contribution in [3.63, 3.8) is 0 Å². The number of hydrogen-bond donors (Lipinski definition) is 0. The van der Waals surface area contributed by atoms with Crippen LogP contribution >= 0.6 is 0 Å². The van der Waals surface area contributed by atoms with Gasteiger partial charge in [-0.15, -0.1) is 0 Å². The monoisotopic (exact) mass is 484 g/mol. The van der Waals surface area contributed by atoms with Gasteiger partial charge in [0.2, 0.25) is 5.91 Å². The number of carbonyl (C=O) groups excluding carboxylic acids is 1. The maximum atomic E-state index is 13.0. The minimum atomic E-state index is -2.96. The van der Waals surface area contributed by atoms with Crippen molar-refractivity contribution in [2.24, 2.45) is 0 Å². The highest BCUT2D eigenvalue weighted by atomic mass is 19.3. The van der Waals surface area contributed by atoms with Crippen molar-refractivity contribution in [1.82, 2.24) is 9.88 Å². The molecule has 7 heteroatoms. The van der Waals surface area contributed by atoms with E-state index in [0.717, 1.165) is 33.0 Å². The Kier molecular flexibility index (Phi) is 5.60. The smallest absolute Gasteiger partial charge is 0.387 e. The van der Waals surface area contributed by atoms with Gasteiger partial charge in [0, 0.05) is 48.6 Å². The molecule has 3 aromatic carbocycles. The number of likely N-dealkylation sites (tertiary alicyclic amines) is 1. The first-order chi connectivity index (χ1) is 17.6. The maximum absolute atomic E-state index is 13.0. The van der Waals surface area contributed by atoms with Crippen molar-refractivity contribution in [3.8, 4) is 16.9 Å². The lowest BCUT2D eigenvalue weighted by atomic mass is 9.93. The zero-order valence-electron chi connectivity index (χ0n) is 19.2. The Morgan fingerprint density at radius 2 is 1.83 bits per heavy atom. The molecule has 5 nitrogen and oxygen atoms in total. The highest BCUT2D eigenvalue weighted by molar-refractivity contribution is 6.09. The van der Waals surface area contributed by atoms with E-state index in [-0.39, 0.29) is 23.2 Å². The summed E-state index contributed by atoms with van der Waals surface area (Å²) < 4.78 is 36.7. The van der Waals surface area contributed by atoms with Crippen molar-refractivity contribution < 1.29 is 22.7 Å². The molecule has 0 aliphatic carbocycles. The molecule has 0 radical (unpaired) electrons. The van der Waals surface area contributed by atoms with Crippen molar-refractivity contribution in [2.45, 2.75) is 25.5 Å². The minimum Gasteiger partial charge on any atom is -0.452 e. The van der Waals surface area contributed by atoms with Crippen LogP contribution in [0, 0.1) is 0 Å². The third kappa shape index (κ3) is 4.06. The Labute approximate surface area is 205 Å². The average molecular weight is 485 g/mol. The van der Waals surface area contributed by atoms with Gasteiger partial charge in [-0.1, -0.05) is 54.6 Å². The number of carbonyl (C=O) groups is 1. The summed E-state index contributed by atoms with van der Waals surface area (Å²) in [4.78, 5) is 19.0. The summed E-state index contributed by atoms with van der Waals surface area (Å²) in [6, 6.07) is 22.7. The van der Waals surface area contributed by atoms with Crippen molar-refractivity contribution in [2.75, 3.05) is 6.54 Å². The molecule has 1 aliphatic heterocycles. The number of amides is 1. The number of pyridine rings is 1. The van der Waals surface area contributed by atoms with E-state index in [0.29, 0.717) is 25.1 Å². The molecule has 180 valence electrons. The van der Waals surface area contributed by atoms with E-state index in [2.05, 4.69) is 4.98 Å². The highest BCUT2D eigenvalue weighted by Crippen LogP contribution is 2.42. The Balaban J connectivity index is 1.28. The Bertz CT molecular complexity index is 1550. The van der Waals surface area contributed by atoms with Crippen LogP contribution in [0.15, 0.2) is 89.6 Å². The molecule has 1 atom stereocenters. The van der Waals surface area contributed by atoms with Crippen molar-refractivity contribution in [3.05, 3.63) is 96.3 Å². The Hall–Kier alpha value is -4.26. The average Bonchev–Trinajstić information content (AvgIpc) is 3.46. The predicted molar refractivity (Wildman–Crippen MR) is 133 cm³/mol. The fraction of sp³-hybridized carbons (Fsp3) is 0.172. The van der Waals surface area contributed by atoms with Gasteiger partial charge in [-0.2, -0.15) is 8.78 Å². The Morgan fingerprint density at radius 3 is 2.61 bits per heavy atom. The molecule has 2 aromatic heterocycles. The SMILES string of the molecule is O=C1CC(c2ccc(OC(F)F)c3oc4ccccc4c23)CN1Cc1ccc(-c2cccnc2)cc1. The van der Waals surface area contributed by atoms with Crippen LogP contribution in [0.1, 0.15) is 23.5 Å². The summed E-state index contributed by atoms with van der Waals surface area (Å²) in [5.41, 5.74) is 4.92. The van der Waals surface area contributed by atoms with Crippen LogP contribution in [0.4, 0.5) is 8.78 Å². The van der Waals surface area contributed by atoms with E-state index in [1.165, 1.54) is 6.07 Å². The largest absolute Gasteiger partial charge is 0.452 e. The van der Waals surface area contributed by atoms with Crippen LogP contribution in [0.25, 0.3) is 33.1 Å². The number of alkyl halides is 2. The van der Waals surface area contributed by atoms with Gasteiger partial charge in [0.25, 0.3) is 0 Å². The number of aromatic nitrogens is 1. The topological polar surface area (TPSA) is 55.6 Å². The zero-order valence-corrected chi connectivity index (χ0v) is 19.2. The lowest BCUT2D eigenvalue weighted by molar-refractivity contribution is -0.128. The van der Waals surface area contributed by atoms with Crippen LogP contribution in [-0.2, 0) is 11.3 Å². The molecule has 0 spiro atoms. The number of halogens is 2. The van der Waals surface area contributed by atoms with E-state index in [1.54, 1.807) is 18.3 Å². The summed E-state index contributed by atoms with van der Waals surface area (Å²) in [7, 11) is 0. The van der Waals surface area contributed by atoms with Gasteiger partial charge in [-0.25, -0.2) is 0 Å². The number of para-hydroxylation sites is 1. The first-order valence-corrected chi connectivity index (χ1v) is 11.7. The molecule has 0 N–H and O–H groups in total. The molecule has 36 heavy (non-hydrogen) atoms. The van der Waals surface area contributed by atoms with Gasteiger partial charge in [0.15, 0.2) is 11.3 Å². The van der Waals surface area contributed by atoms with E-state index < -0.39 is 6.61 Å². The molecular formula is C29H22F2N2O3. The number of hydrogen-bond acceptors (Lipinski definition) is 4. The van der Waals surface area contributed by atoms with Gasteiger partial charge in [0.1, 0.15) is 5.58 Å².